The van der Waals surface area contributed by atoms with Gasteiger partial charge in [-0.3, -0.25) is 9.69 Å². The third-order valence-electron chi connectivity index (χ3n) is 8.72. The first-order valence-corrected chi connectivity index (χ1v) is 15.6. The van der Waals surface area contributed by atoms with Crippen molar-refractivity contribution in [2.75, 3.05) is 62.7 Å². The first-order valence-electron chi connectivity index (χ1n) is 15.6. The Morgan fingerprint density at radius 1 is 1.00 bits per heavy atom. The van der Waals surface area contributed by atoms with Crippen LogP contribution >= 0.6 is 0 Å². The molecule has 1 N–H and O–H groups in total. The Bertz CT molecular complexity index is 1740. The average molecular weight is 637 g/mol. The number of hydrogen-bond acceptors (Lipinski definition) is 12. The van der Waals surface area contributed by atoms with Crippen molar-refractivity contribution >= 4 is 23.2 Å². The van der Waals surface area contributed by atoms with E-state index in [4.69, 9.17) is 9.47 Å². The molecule has 2 aromatic heterocycles. The highest BCUT2D eigenvalue weighted by Crippen LogP contribution is 2.29. The van der Waals surface area contributed by atoms with Crippen molar-refractivity contribution in [3.8, 4) is 23.2 Å². The summed E-state index contributed by atoms with van der Waals surface area (Å²) in [5.41, 5.74) is 3.03. The second-order valence-corrected chi connectivity index (χ2v) is 11.6. The predicted octanol–water partition coefficient (Wildman–Crippen LogP) is 3.10. The van der Waals surface area contributed by atoms with Gasteiger partial charge < -0.3 is 24.6 Å². The molecule has 0 saturated carbocycles. The van der Waals surface area contributed by atoms with Gasteiger partial charge in [-0.05, 0) is 48.5 Å². The van der Waals surface area contributed by atoms with E-state index in [2.05, 4.69) is 58.2 Å². The van der Waals surface area contributed by atoms with Crippen LogP contribution in [0, 0.1) is 11.3 Å². The summed E-state index contributed by atoms with van der Waals surface area (Å²) in [6, 6.07) is 17.3. The minimum Gasteiger partial charge on any atom is -0.486 e. The van der Waals surface area contributed by atoms with Crippen molar-refractivity contribution in [1.82, 2.24) is 34.7 Å². The van der Waals surface area contributed by atoms with Crippen molar-refractivity contribution in [3.05, 3.63) is 78.6 Å². The topological polar surface area (TPSA) is 146 Å². The highest BCUT2D eigenvalue weighted by Gasteiger charge is 2.34. The van der Waals surface area contributed by atoms with Crippen LogP contribution in [-0.2, 0) is 4.74 Å². The largest absolute Gasteiger partial charge is 0.486 e. The summed E-state index contributed by atoms with van der Waals surface area (Å²) in [5.74, 6) is 0.631. The number of piperidine rings is 1. The summed E-state index contributed by atoms with van der Waals surface area (Å²) >= 11 is 0. The summed E-state index contributed by atoms with van der Waals surface area (Å²) in [5, 5.41) is 13.1. The lowest BCUT2D eigenvalue weighted by Gasteiger charge is -2.43. The van der Waals surface area contributed by atoms with Gasteiger partial charge in [0.2, 0.25) is 5.95 Å². The van der Waals surface area contributed by atoms with E-state index in [1.165, 1.54) is 35.5 Å². The van der Waals surface area contributed by atoms with Crippen molar-refractivity contribution in [2.24, 2.45) is 0 Å². The molecule has 0 aliphatic carbocycles. The Morgan fingerprint density at radius 3 is 2.53 bits per heavy atom. The number of alkyl halides is 1. The Morgan fingerprint density at radius 2 is 1.83 bits per heavy atom. The Kier molecular flexibility index (Phi) is 8.81. The van der Waals surface area contributed by atoms with Gasteiger partial charge in [-0.1, -0.05) is 0 Å². The highest BCUT2D eigenvalue weighted by atomic mass is 19.1. The highest BCUT2D eigenvalue weighted by molar-refractivity contribution is 5.92. The number of nitriles is 1. The smallest absolute Gasteiger partial charge is 0.272 e. The van der Waals surface area contributed by atoms with Crippen LogP contribution in [0.1, 0.15) is 22.5 Å². The van der Waals surface area contributed by atoms with E-state index in [9.17, 15) is 10.1 Å². The fourth-order valence-electron chi connectivity index (χ4n) is 5.96. The number of carbonyl (C=O) groups is 1. The molecule has 5 heterocycles. The number of nitrogens with one attached hydrogen (secondary N) is 1. The fourth-order valence-corrected chi connectivity index (χ4v) is 5.96. The molecular formula is C33H33FN10O3. The van der Waals surface area contributed by atoms with Gasteiger partial charge in [0.1, 0.15) is 36.3 Å². The van der Waals surface area contributed by atoms with Crippen LogP contribution in [0.2, 0.25) is 0 Å². The van der Waals surface area contributed by atoms with Gasteiger partial charge in [-0.25, -0.2) is 24.3 Å². The van der Waals surface area contributed by atoms with Crippen molar-refractivity contribution < 1.29 is 18.7 Å². The minimum absolute atomic E-state index is 0.135. The molecule has 13 nitrogen and oxygen atoms in total. The number of anilines is 3. The Labute approximate surface area is 271 Å². The molecule has 1 amide bonds. The fraction of sp³-hybridized carbons (Fsp3) is 0.364. The number of hydrogen-bond donors (Lipinski definition) is 1. The molecule has 0 bridgehead atoms. The molecule has 3 aliphatic rings. The number of amides is 1. The molecule has 4 aromatic rings. The van der Waals surface area contributed by atoms with Gasteiger partial charge >= 0.3 is 0 Å². The van der Waals surface area contributed by atoms with Crippen LogP contribution in [0.25, 0.3) is 11.4 Å². The summed E-state index contributed by atoms with van der Waals surface area (Å²) in [7, 11) is 0. The molecule has 47 heavy (non-hydrogen) atoms. The average Bonchev–Trinajstić information content (AvgIpc) is 3.09. The quantitative estimate of drug-likeness (QED) is 0.303. The number of likely N-dealkylation sites (tertiary alicyclic amines) is 1. The summed E-state index contributed by atoms with van der Waals surface area (Å²) < 4.78 is 26.5. The summed E-state index contributed by atoms with van der Waals surface area (Å²) in [6.45, 7) is 5.88. The molecule has 2 atom stereocenters. The Balaban J connectivity index is 0.965. The maximum atomic E-state index is 15.2. The van der Waals surface area contributed by atoms with E-state index in [0.717, 1.165) is 45.1 Å². The monoisotopic (exact) mass is 636 g/mol. The van der Waals surface area contributed by atoms with Crippen LogP contribution in [0.15, 0.2) is 67.4 Å². The zero-order chi connectivity index (χ0) is 32.2. The van der Waals surface area contributed by atoms with E-state index in [1.54, 1.807) is 18.2 Å². The number of aromatic nitrogens is 5. The summed E-state index contributed by atoms with van der Waals surface area (Å²) in [6.07, 6.45) is 2.18. The number of nitrogens with zero attached hydrogens (tertiary/aromatic N) is 9. The molecule has 2 aromatic carbocycles. The number of benzene rings is 2. The van der Waals surface area contributed by atoms with E-state index in [0.29, 0.717) is 29.9 Å². The van der Waals surface area contributed by atoms with Gasteiger partial charge in [0.05, 0.1) is 31.4 Å². The van der Waals surface area contributed by atoms with Gasteiger partial charge in [0.25, 0.3) is 5.91 Å². The molecule has 3 aliphatic heterocycles. The van der Waals surface area contributed by atoms with Crippen LogP contribution < -0.4 is 15.0 Å². The summed E-state index contributed by atoms with van der Waals surface area (Å²) in [4.78, 5) is 39.9. The zero-order valence-electron chi connectivity index (χ0n) is 25.6. The van der Waals surface area contributed by atoms with Gasteiger partial charge in [-0.15, -0.1) is 0 Å². The lowest BCUT2D eigenvalue weighted by molar-refractivity contribution is -0.0660. The maximum absolute atomic E-state index is 15.2. The third-order valence-corrected chi connectivity index (χ3v) is 8.72. The molecule has 240 valence electrons. The van der Waals surface area contributed by atoms with Crippen molar-refractivity contribution in [3.63, 3.8) is 0 Å². The van der Waals surface area contributed by atoms with Crippen LogP contribution in [-0.4, -0.2) is 111 Å². The number of carbonyl (C=O) groups excluding carboxylic acids is 1. The first kappa shape index (κ1) is 30.4. The van der Waals surface area contributed by atoms with E-state index >= 15 is 4.39 Å². The van der Waals surface area contributed by atoms with Crippen LogP contribution in [0.3, 0.4) is 0 Å². The number of piperazine rings is 1. The van der Waals surface area contributed by atoms with Crippen LogP contribution in [0.4, 0.5) is 21.7 Å². The van der Waals surface area contributed by atoms with Crippen molar-refractivity contribution in [2.45, 2.75) is 24.7 Å². The lowest BCUT2D eigenvalue weighted by atomic mass is 10.0. The van der Waals surface area contributed by atoms with Crippen molar-refractivity contribution in [1.29, 1.82) is 5.26 Å². The van der Waals surface area contributed by atoms with Gasteiger partial charge in [0.15, 0.2) is 12.0 Å². The second-order valence-electron chi connectivity index (χ2n) is 11.6. The minimum atomic E-state index is -1.44. The molecule has 3 saturated heterocycles. The molecule has 14 heteroatoms. The second kappa shape index (κ2) is 13.6. The SMILES string of the molecule is N#Cc1cc(-c2ncnc(Nc3ccc(N4CCN(C5COC5)CC4)cc3)n2)ccc1O[C@H]1CCN(C(=O)c2ccncn2)C[C@@H]1F. The lowest BCUT2D eigenvalue weighted by Crippen LogP contribution is -2.56. The maximum Gasteiger partial charge on any atom is 0.272 e. The molecular weight excluding hydrogens is 603 g/mol. The number of rotatable bonds is 8. The van der Waals surface area contributed by atoms with Gasteiger partial charge in [0, 0.05) is 62.3 Å². The normalized spacial score (nSPS) is 20.3. The molecule has 0 radical (unpaired) electrons. The predicted molar refractivity (Wildman–Crippen MR) is 170 cm³/mol. The molecule has 3 fully saturated rings. The first-order chi connectivity index (χ1) is 23.0. The standard InChI is InChI=1S/C33H33FN10O3/c34-27-17-44(32(45)28-7-9-36-20-37-28)10-8-30(27)47-29-6-1-22(15-23(29)16-35)31-38-21-39-33(41-31)40-24-2-4-25(5-3-24)42-11-13-43(14-12-42)26-18-46-19-26/h1-7,9,15,20-21,26-27,30H,8,10-14,17-19H2,(H,38,39,40,41)/t27-,30-/m0/s1. The Hall–Kier alpha value is -5.26. The number of ether oxygens (including phenoxy) is 2. The van der Waals surface area contributed by atoms with Crippen LogP contribution in [0.5, 0.6) is 5.75 Å². The van der Waals surface area contributed by atoms with E-state index in [-0.39, 0.29) is 35.9 Å². The van der Waals surface area contributed by atoms with Gasteiger partial charge in [-0.2, -0.15) is 10.2 Å². The molecule has 7 rings (SSSR count). The third kappa shape index (κ3) is 6.81. The number of halogens is 1. The zero-order valence-corrected chi connectivity index (χ0v) is 25.6. The van der Waals surface area contributed by atoms with E-state index in [1.807, 2.05) is 12.1 Å². The molecule has 0 spiro atoms. The van der Waals surface area contributed by atoms with E-state index < -0.39 is 12.3 Å². The molecule has 0 unspecified atom stereocenters.